The zero-order valence-electron chi connectivity index (χ0n) is 13.2. The molecule has 2 saturated heterocycles. The summed E-state index contributed by atoms with van der Waals surface area (Å²) in [7, 11) is 0. The Balaban J connectivity index is 1.57. The average Bonchev–Trinajstić information content (AvgIpc) is 2.99. The van der Waals surface area contributed by atoms with Crippen molar-refractivity contribution in [3.05, 3.63) is 23.9 Å². The van der Waals surface area contributed by atoms with Crippen LogP contribution in [-0.4, -0.2) is 53.5 Å². The van der Waals surface area contributed by atoms with Gasteiger partial charge in [-0.05, 0) is 45.3 Å². The first-order valence-corrected chi connectivity index (χ1v) is 8.51. The minimum absolute atomic E-state index is 0.782. The molecular formula is C17H28N4. The first kappa shape index (κ1) is 14.8. The van der Waals surface area contributed by atoms with Gasteiger partial charge < -0.3 is 5.32 Å². The van der Waals surface area contributed by atoms with Crippen molar-refractivity contribution in [3.63, 3.8) is 0 Å². The van der Waals surface area contributed by atoms with E-state index >= 15 is 0 Å². The standard InChI is InChI=1S/C17H28N4/c1-2-18-17-15(7-6-9-19-17)13-20-12-8-16(14-20)21-10-4-3-5-11-21/h6-7,9,16H,2-5,8,10-14H2,1H3,(H,18,19). The van der Waals surface area contributed by atoms with Crippen LogP contribution in [-0.2, 0) is 6.54 Å². The van der Waals surface area contributed by atoms with E-state index in [1.165, 1.54) is 57.4 Å². The van der Waals surface area contributed by atoms with Gasteiger partial charge in [-0.1, -0.05) is 12.5 Å². The fourth-order valence-electron chi connectivity index (χ4n) is 3.67. The summed E-state index contributed by atoms with van der Waals surface area (Å²) in [6, 6.07) is 5.04. The lowest BCUT2D eigenvalue weighted by Gasteiger charge is -2.32. The lowest BCUT2D eigenvalue weighted by Crippen LogP contribution is -2.40. The predicted molar refractivity (Wildman–Crippen MR) is 87.5 cm³/mol. The zero-order chi connectivity index (χ0) is 14.5. The summed E-state index contributed by atoms with van der Waals surface area (Å²) in [6.07, 6.45) is 7.42. The van der Waals surface area contributed by atoms with Gasteiger partial charge in [-0.15, -0.1) is 0 Å². The molecule has 0 radical (unpaired) electrons. The molecule has 2 aliphatic heterocycles. The van der Waals surface area contributed by atoms with Gasteiger partial charge >= 0.3 is 0 Å². The molecule has 1 atom stereocenters. The highest BCUT2D eigenvalue weighted by molar-refractivity contribution is 5.43. The quantitative estimate of drug-likeness (QED) is 0.902. The molecule has 4 heteroatoms. The third-order valence-electron chi connectivity index (χ3n) is 4.78. The van der Waals surface area contributed by atoms with Crippen LogP contribution < -0.4 is 5.32 Å². The number of nitrogens with one attached hydrogen (secondary N) is 1. The number of hydrogen-bond acceptors (Lipinski definition) is 4. The van der Waals surface area contributed by atoms with Crippen LogP contribution in [0.15, 0.2) is 18.3 Å². The molecule has 0 aliphatic carbocycles. The second-order valence-corrected chi connectivity index (χ2v) is 6.32. The lowest BCUT2D eigenvalue weighted by atomic mass is 10.1. The summed E-state index contributed by atoms with van der Waals surface area (Å²) in [4.78, 5) is 9.79. The molecule has 2 fully saturated rings. The minimum Gasteiger partial charge on any atom is -0.370 e. The Morgan fingerprint density at radius 2 is 2.10 bits per heavy atom. The Hall–Kier alpha value is -1.13. The molecule has 3 rings (SSSR count). The molecule has 3 heterocycles. The number of anilines is 1. The van der Waals surface area contributed by atoms with Gasteiger partial charge in [0, 0.05) is 44.0 Å². The third kappa shape index (κ3) is 3.74. The van der Waals surface area contributed by atoms with Crippen LogP contribution in [0, 0.1) is 0 Å². The van der Waals surface area contributed by atoms with Crippen molar-refractivity contribution in [2.45, 2.75) is 45.2 Å². The number of likely N-dealkylation sites (tertiary alicyclic amines) is 2. The molecule has 0 spiro atoms. The monoisotopic (exact) mass is 288 g/mol. The number of hydrogen-bond donors (Lipinski definition) is 1. The molecule has 0 amide bonds. The van der Waals surface area contributed by atoms with E-state index in [-0.39, 0.29) is 0 Å². The summed E-state index contributed by atoms with van der Waals surface area (Å²) < 4.78 is 0. The van der Waals surface area contributed by atoms with Crippen LogP contribution in [0.2, 0.25) is 0 Å². The Bertz CT molecular complexity index is 442. The van der Waals surface area contributed by atoms with Crippen molar-refractivity contribution in [2.75, 3.05) is 38.0 Å². The van der Waals surface area contributed by atoms with E-state index in [0.717, 1.165) is 24.9 Å². The minimum atomic E-state index is 0.782. The molecule has 1 aromatic rings. The largest absolute Gasteiger partial charge is 0.370 e. The highest BCUT2D eigenvalue weighted by atomic mass is 15.3. The number of nitrogens with zero attached hydrogens (tertiary/aromatic N) is 3. The van der Waals surface area contributed by atoms with Gasteiger partial charge in [0.25, 0.3) is 0 Å². The second kappa shape index (κ2) is 7.23. The van der Waals surface area contributed by atoms with E-state index in [9.17, 15) is 0 Å². The summed E-state index contributed by atoms with van der Waals surface area (Å²) >= 11 is 0. The molecule has 0 saturated carbocycles. The first-order valence-electron chi connectivity index (χ1n) is 8.51. The normalized spacial score (nSPS) is 24.3. The van der Waals surface area contributed by atoms with Gasteiger partial charge in [0.2, 0.25) is 0 Å². The Labute approximate surface area is 128 Å². The van der Waals surface area contributed by atoms with Crippen molar-refractivity contribution < 1.29 is 0 Å². The molecule has 2 aliphatic rings. The summed E-state index contributed by atoms with van der Waals surface area (Å²) in [6.45, 7) is 9.16. The smallest absolute Gasteiger partial charge is 0.130 e. The van der Waals surface area contributed by atoms with Gasteiger partial charge in [0.15, 0.2) is 0 Å². The molecule has 1 N–H and O–H groups in total. The van der Waals surface area contributed by atoms with E-state index in [4.69, 9.17) is 0 Å². The van der Waals surface area contributed by atoms with Crippen molar-refractivity contribution in [3.8, 4) is 0 Å². The van der Waals surface area contributed by atoms with Gasteiger partial charge in [0.05, 0.1) is 0 Å². The summed E-state index contributed by atoms with van der Waals surface area (Å²) in [5, 5.41) is 3.38. The average molecular weight is 288 g/mol. The highest BCUT2D eigenvalue weighted by Gasteiger charge is 2.28. The molecule has 1 unspecified atom stereocenters. The van der Waals surface area contributed by atoms with Crippen LogP contribution in [0.5, 0.6) is 0 Å². The molecular weight excluding hydrogens is 260 g/mol. The summed E-state index contributed by atoms with van der Waals surface area (Å²) in [5.41, 5.74) is 1.33. The topological polar surface area (TPSA) is 31.4 Å². The van der Waals surface area contributed by atoms with Crippen LogP contribution in [0.25, 0.3) is 0 Å². The number of pyridine rings is 1. The molecule has 21 heavy (non-hydrogen) atoms. The molecule has 116 valence electrons. The Morgan fingerprint density at radius 1 is 1.24 bits per heavy atom. The number of aromatic nitrogens is 1. The van der Waals surface area contributed by atoms with Gasteiger partial charge in [0.1, 0.15) is 5.82 Å². The van der Waals surface area contributed by atoms with Crippen LogP contribution in [0.3, 0.4) is 0 Å². The van der Waals surface area contributed by atoms with E-state index in [2.05, 4.69) is 33.1 Å². The van der Waals surface area contributed by atoms with Crippen molar-refractivity contribution in [1.29, 1.82) is 0 Å². The maximum absolute atomic E-state index is 4.47. The fraction of sp³-hybridized carbons (Fsp3) is 0.706. The molecule has 0 aromatic carbocycles. The highest BCUT2D eigenvalue weighted by Crippen LogP contribution is 2.23. The summed E-state index contributed by atoms with van der Waals surface area (Å²) in [5.74, 6) is 1.06. The fourth-order valence-corrected chi connectivity index (χ4v) is 3.67. The van der Waals surface area contributed by atoms with E-state index in [0.29, 0.717) is 0 Å². The van der Waals surface area contributed by atoms with Gasteiger partial charge in [-0.2, -0.15) is 0 Å². The molecule has 4 nitrogen and oxygen atoms in total. The first-order chi connectivity index (χ1) is 10.4. The maximum atomic E-state index is 4.47. The maximum Gasteiger partial charge on any atom is 0.130 e. The number of piperidine rings is 1. The van der Waals surface area contributed by atoms with Crippen LogP contribution in [0.4, 0.5) is 5.82 Å². The molecule has 0 bridgehead atoms. The number of rotatable bonds is 5. The SMILES string of the molecule is CCNc1ncccc1CN1CCC(N2CCCCC2)C1. The van der Waals surface area contributed by atoms with Crippen molar-refractivity contribution >= 4 is 5.82 Å². The lowest BCUT2D eigenvalue weighted by molar-refractivity contribution is 0.161. The van der Waals surface area contributed by atoms with Gasteiger partial charge in [-0.3, -0.25) is 9.80 Å². The van der Waals surface area contributed by atoms with E-state index < -0.39 is 0 Å². The van der Waals surface area contributed by atoms with E-state index in [1.807, 2.05) is 12.3 Å². The van der Waals surface area contributed by atoms with Gasteiger partial charge in [-0.25, -0.2) is 4.98 Å². The predicted octanol–water partition coefficient (Wildman–Crippen LogP) is 2.57. The second-order valence-electron chi connectivity index (χ2n) is 6.32. The van der Waals surface area contributed by atoms with Crippen LogP contribution >= 0.6 is 0 Å². The van der Waals surface area contributed by atoms with Crippen molar-refractivity contribution in [2.24, 2.45) is 0 Å². The molecule has 1 aromatic heterocycles. The van der Waals surface area contributed by atoms with Crippen molar-refractivity contribution in [1.82, 2.24) is 14.8 Å². The Morgan fingerprint density at radius 3 is 2.90 bits per heavy atom. The van der Waals surface area contributed by atoms with E-state index in [1.54, 1.807) is 0 Å². The zero-order valence-corrected chi connectivity index (χ0v) is 13.2. The Kier molecular flexibility index (Phi) is 5.09. The third-order valence-corrected chi connectivity index (χ3v) is 4.78. The van der Waals surface area contributed by atoms with Crippen LogP contribution in [0.1, 0.15) is 38.2 Å².